The minimum Gasteiger partial charge on any atom is -0.335 e. The fourth-order valence-electron chi connectivity index (χ4n) is 2.99. The van der Waals surface area contributed by atoms with Gasteiger partial charge in [0.05, 0.1) is 7.05 Å². The fraction of sp³-hybridized carbons (Fsp3) is 0.923. The van der Waals surface area contributed by atoms with Crippen LogP contribution in [0.2, 0.25) is 0 Å². The molecule has 2 aliphatic rings. The lowest BCUT2D eigenvalue weighted by molar-refractivity contribution is -1.000. The Kier molecular flexibility index (Phi) is 4.40. The van der Waals surface area contributed by atoms with Gasteiger partial charge in [0.1, 0.15) is 26.2 Å². The molecule has 2 rings (SSSR count). The molecule has 98 valence electrons. The van der Waals surface area contributed by atoms with Gasteiger partial charge in [-0.3, -0.25) is 4.79 Å². The minimum atomic E-state index is 0.381. The summed E-state index contributed by atoms with van der Waals surface area (Å²) >= 11 is 0. The zero-order valence-electron chi connectivity index (χ0n) is 11.3. The SMILES string of the molecule is C[C@@H]1CCCCN1C(=O)C[NH+]1CC[NH+](C)CC1. The van der Waals surface area contributed by atoms with Crippen molar-refractivity contribution in [2.24, 2.45) is 0 Å². The summed E-state index contributed by atoms with van der Waals surface area (Å²) in [6.45, 7) is 8.62. The van der Waals surface area contributed by atoms with E-state index in [0.717, 1.165) is 26.2 Å². The summed E-state index contributed by atoms with van der Waals surface area (Å²) < 4.78 is 0. The van der Waals surface area contributed by atoms with Gasteiger partial charge >= 0.3 is 0 Å². The smallest absolute Gasteiger partial charge is 0.278 e. The molecule has 0 radical (unpaired) electrons. The Bertz CT molecular complexity index is 261. The summed E-state index contributed by atoms with van der Waals surface area (Å²) in [6.07, 6.45) is 3.67. The van der Waals surface area contributed by atoms with Gasteiger partial charge in [-0.25, -0.2) is 0 Å². The molecule has 0 aromatic carbocycles. The number of amides is 1. The first kappa shape index (κ1) is 12.8. The molecule has 0 unspecified atom stereocenters. The summed E-state index contributed by atoms with van der Waals surface area (Å²) in [4.78, 5) is 17.5. The van der Waals surface area contributed by atoms with Crippen molar-refractivity contribution in [3.8, 4) is 0 Å². The number of likely N-dealkylation sites (tertiary alicyclic amines) is 1. The molecule has 2 aliphatic heterocycles. The van der Waals surface area contributed by atoms with Crippen LogP contribution in [0.4, 0.5) is 0 Å². The van der Waals surface area contributed by atoms with Crippen molar-refractivity contribution >= 4 is 5.91 Å². The van der Waals surface area contributed by atoms with Crippen LogP contribution in [0.1, 0.15) is 26.2 Å². The highest BCUT2D eigenvalue weighted by atomic mass is 16.2. The molecule has 2 N–H and O–H groups in total. The summed E-state index contributed by atoms with van der Waals surface area (Å²) in [7, 11) is 2.24. The zero-order chi connectivity index (χ0) is 12.3. The standard InChI is InChI=1S/C13H25N3O/c1-12-5-3-4-6-16(12)13(17)11-15-9-7-14(2)8-10-15/h12H,3-11H2,1-2H3/p+2/t12-/m1/s1. The predicted octanol–water partition coefficient (Wildman–Crippen LogP) is -2.20. The number of carbonyl (C=O) groups is 1. The predicted molar refractivity (Wildman–Crippen MR) is 67.2 cm³/mol. The first-order valence-electron chi connectivity index (χ1n) is 7.11. The lowest BCUT2D eigenvalue weighted by atomic mass is 10.0. The molecule has 17 heavy (non-hydrogen) atoms. The average Bonchev–Trinajstić information content (AvgIpc) is 2.32. The summed E-state index contributed by atoms with van der Waals surface area (Å²) in [5, 5.41) is 0. The number of nitrogens with one attached hydrogen (secondary N) is 2. The van der Waals surface area contributed by atoms with Gasteiger partial charge in [-0.2, -0.15) is 0 Å². The largest absolute Gasteiger partial charge is 0.335 e. The Hall–Kier alpha value is -0.610. The minimum absolute atomic E-state index is 0.381. The highest BCUT2D eigenvalue weighted by Crippen LogP contribution is 2.15. The lowest BCUT2D eigenvalue weighted by Gasteiger charge is -2.35. The van der Waals surface area contributed by atoms with Gasteiger partial charge in [-0.15, -0.1) is 0 Å². The van der Waals surface area contributed by atoms with Crippen LogP contribution < -0.4 is 9.80 Å². The van der Waals surface area contributed by atoms with Crippen molar-refractivity contribution < 1.29 is 14.6 Å². The number of hydrogen-bond acceptors (Lipinski definition) is 1. The second kappa shape index (κ2) is 5.83. The number of piperazine rings is 1. The van der Waals surface area contributed by atoms with E-state index in [0.29, 0.717) is 11.9 Å². The molecule has 0 saturated carbocycles. The number of rotatable bonds is 2. The first-order chi connectivity index (χ1) is 8.16. The van der Waals surface area contributed by atoms with Gasteiger partial charge in [0.25, 0.3) is 5.91 Å². The summed E-state index contributed by atoms with van der Waals surface area (Å²) in [6, 6.07) is 0.466. The number of nitrogens with zero attached hydrogens (tertiary/aromatic N) is 1. The average molecular weight is 241 g/mol. The van der Waals surface area contributed by atoms with Gasteiger partial charge in [0.2, 0.25) is 0 Å². The monoisotopic (exact) mass is 241 g/mol. The second-order valence-electron chi connectivity index (χ2n) is 5.82. The van der Waals surface area contributed by atoms with Crippen LogP contribution in [0.25, 0.3) is 0 Å². The topological polar surface area (TPSA) is 29.2 Å². The van der Waals surface area contributed by atoms with Crippen molar-refractivity contribution in [3.63, 3.8) is 0 Å². The molecule has 1 amide bonds. The quantitative estimate of drug-likeness (QED) is 0.565. The van der Waals surface area contributed by atoms with E-state index in [1.54, 1.807) is 4.90 Å². The fourth-order valence-corrected chi connectivity index (χ4v) is 2.99. The van der Waals surface area contributed by atoms with Crippen molar-refractivity contribution in [2.45, 2.75) is 32.2 Å². The number of likely N-dealkylation sites (N-methyl/N-ethyl adjacent to an activating group) is 1. The Morgan fingerprint density at radius 1 is 1.24 bits per heavy atom. The molecule has 4 nitrogen and oxygen atoms in total. The highest BCUT2D eigenvalue weighted by molar-refractivity contribution is 5.77. The molecule has 1 atom stereocenters. The molecule has 0 aromatic heterocycles. The number of piperidine rings is 1. The molecule has 2 saturated heterocycles. The van der Waals surface area contributed by atoms with Crippen LogP contribution in [0.15, 0.2) is 0 Å². The third-order valence-corrected chi connectivity index (χ3v) is 4.34. The number of carbonyl (C=O) groups excluding carboxylic acids is 1. The van der Waals surface area contributed by atoms with Crippen molar-refractivity contribution in [1.29, 1.82) is 0 Å². The van der Waals surface area contributed by atoms with E-state index in [9.17, 15) is 4.79 Å². The van der Waals surface area contributed by atoms with Crippen LogP contribution in [-0.4, -0.2) is 63.2 Å². The van der Waals surface area contributed by atoms with E-state index in [1.165, 1.54) is 37.3 Å². The van der Waals surface area contributed by atoms with Crippen LogP contribution >= 0.6 is 0 Å². The van der Waals surface area contributed by atoms with Crippen molar-refractivity contribution in [3.05, 3.63) is 0 Å². The Labute approximate surface area is 105 Å². The van der Waals surface area contributed by atoms with Crippen LogP contribution in [0.5, 0.6) is 0 Å². The third-order valence-electron chi connectivity index (χ3n) is 4.34. The Morgan fingerprint density at radius 2 is 1.94 bits per heavy atom. The molecule has 2 fully saturated rings. The van der Waals surface area contributed by atoms with Crippen molar-refractivity contribution in [2.75, 3.05) is 46.3 Å². The maximum atomic E-state index is 12.3. The van der Waals surface area contributed by atoms with Gasteiger partial charge < -0.3 is 14.7 Å². The zero-order valence-corrected chi connectivity index (χ0v) is 11.3. The Morgan fingerprint density at radius 3 is 2.59 bits per heavy atom. The van der Waals surface area contributed by atoms with Crippen LogP contribution in [0, 0.1) is 0 Å². The maximum Gasteiger partial charge on any atom is 0.278 e. The molecular weight excluding hydrogens is 214 g/mol. The van der Waals surface area contributed by atoms with Gasteiger partial charge in [-0.05, 0) is 26.2 Å². The van der Waals surface area contributed by atoms with Gasteiger partial charge in [0.15, 0.2) is 6.54 Å². The van der Waals surface area contributed by atoms with E-state index in [-0.39, 0.29) is 0 Å². The number of quaternary nitrogens is 2. The maximum absolute atomic E-state index is 12.3. The second-order valence-corrected chi connectivity index (χ2v) is 5.82. The van der Waals surface area contributed by atoms with Crippen molar-refractivity contribution in [1.82, 2.24) is 4.90 Å². The summed E-state index contributed by atoms with van der Waals surface area (Å²) in [5.41, 5.74) is 0. The molecule has 0 aliphatic carbocycles. The van der Waals surface area contributed by atoms with Gasteiger partial charge in [0, 0.05) is 12.6 Å². The molecule has 0 aromatic rings. The van der Waals surface area contributed by atoms with E-state index in [4.69, 9.17) is 0 Å². The van der Waals surface area contributed by atoms with Gasteiger partial charge in [-0.1, -0.05) is 0 Å². The van der Waals surface area contributed by atoms with E-state index in [1.807, 2.05) is 0 Å². The molecule has 4 heteroatoms. The van der Waals surface area contributed by atoms with Crippen LogP contribution in [-0.2, 0) is 4.79 Å². The molecule has 2 heterocycles. The first-order valence-corrected chi connectivity index (χ1v) is 7.11. The van der Waals surface area contributed by atoms with E-state index in [2.05, 4.69) is 18.9 Å². The molecule has 0 bridgehead atoms. The van der Waals surface area contributed by atoms with E-state index >= 15 is 0 Å². The number of hydrogen-bond donors (Lipinski definition) is 2. The lowest BCUT2D eigenvalue weighted by Crippen LogP contribution is -3.27. The molecular formula is C13H27N3O+2. The molecule has 0 spiro atoms. The third kappa shape index (κ3) is 3.42. The summed E-state index contributed by atoms with van der Waals surface area (Å²) in [5.74, 6) is 0.381. The van der Waals surface area contributed by atoms with Crippen LogP contribution in [0.3, 0.4) is 0 Å². The normalized spacial score (nSPS) is 34.7. The van der Waals surface area contributed by atoms with E-state index < -0.39 is 0 Å². The Balaban J connectivity index is 1.79. The highest BCUT2D eigenvalue weighted by Gasteiger charge is 2.28.